The number of anilines is 2. The number of methoxy groups -OCH3 is 2. The Balaban J connectivity index is 1.59. The van der Waals surface area contributed by atoms with Crippen LogP contribution in [-0.4, -0.2) is 57.5 Å². The van der Waals surface area contributed by atoms with Gasteiger partial charge in [0.05, 0.1) is 46.1 Å². The number of hydrogen-bond donors (Lipinski definition) is 3. The minimum absolute atomic E-state index is 0.0420. The molecule has 0 bridgehead atoms. The van der Waals surface area contributed by atoms with Gasteiger partial charge in [-0.25, -0.2) is 0 Å². The van der Waals surface area contributed by atoms with Crippen molar-refractivity contribution >= 4 is 17.3 Å². The third-order valence-corrected chi connectivity index (χ3v) is 5.29. The first-order valence-electron chi connectivity index (χ1n) is 9.43. The van der Waals surface area contributed by atoms with Crippen LogP contribution in [0.1, 0.15) is 6.92 Å². The zero-order chi connectivity index (χ0) is 20.1. The van der Waals surface area contributed by atoms with Crippen molar-refractivity contribution < 1.29 is 24.3 Å². The number of aromatic hydroxyl groups is 1. The van der Waals surface area contributed by atoms with Crippen LogP contribution in [0.3, 0.4) is 0 Å². The van der Waals surface area contributed by atoms with Crippen LogP contribution in [0.15, 0.2) is 42.5 Å². The quantitative estimate of drug-likeness (QED) is 0.694. The summed E-state index contributed by atoms with van der Waals surface area (Å²) in [6, 6.07) is 12.4. The third-order valence-electron chi connectivity index (χ3n) is 5.29. The Morgan fingerprint density at radius 2 is 1.79 bits per heavy atom. The molecule has 1 heterocycles. The molecule has 0 unspecified atom stereocenters. The van der Waals surface area contributed by atoms with E-state index in [1.165, 1.54) is 4.90 Å². The second-order valence-corrected chi connectivity index (χ2v) is 6.94. The molecule has 1 aliphatic heterocycles. The van der Waals surface area contributed by atoms with Crippen LogP contribution in [0.5, 0.6) is 17.2 Å². The summed E-state index contributed by atoms with van der Waals surface area (Å²) in [5.41, 5.74) is 1.70. The average Bonchev–Trinajstić information content (AvgIpc) is 2.73. The van der Waals surface area contributed by atoms with Gasteiger partial charge in [0.2, 0.25) is 0 Å². The molecule has 150 valence electrons. The lowest BCUT2D eigenvalue weighted by molar-refractivity contribution is -0.914. The van der Waals surface area contributed by atoms with E-state index >= 15 is 0 Å². The zero-order valence-electron chi connectivity index (χ0n) is 16.6. The van der Waals surface area contributed by atoms with Crippen LogP contribution in [0, 0.1) is 0 Å². The number of piperazine rings is 1. The molecule has 7 heteroatoms. The Hall–Kier alpha value is -2.93. The Kier molecular flexibility index (Phi) is 6.26. The molecule has 28 heavy (non-hydrogen) atoms. The smallest absolute Gasteiger partial charge is 0.282 e. The lowest BCUT2D eigenvalue weighted by Gasteiger charge is -2.36. The topological polar surface area (TPSA) is 75.5 Å². The number of amides is 1. The molecule has 1 amide bonds. The first-order valence-corrected chi connectivity index (χ1v) is 9.43. The van der Waals surface area contributed by atoms with Crippen molar-refractivity contribution in [2.75, 3.05) is 50.6 Å². The van der Waals surface area contributed by atoms with E-state index in [0.717, 1.165) is 31.9 Å². The number of phenols is 1. The van der Waals surface area contributed by atoms with Gasteiger partial charge < -0.3 is 29.7 Å². The van der Waals surface area contributed by atoms with Crippen LogP contribution in [0.2, 0.25) is 0 Å². The Labute approximate surface area is 165 Å². The van der Waals surface area contributed by atoms with Gasteiger partial charge in [-0.3, -0.25) is 4.79 Å². The van der Waals surface area contributed by atoms with Crippen LogP contribution >= 0.6 is 0 Å². The highest BCUT2D eigenvalue weighted by atomic mass is 16.5. The lowest BCUT2D eigenvalue weighted by atomic mass is 10.2. The molecule has 1 atom stereocenters. The fraction of sp³-hybridized carbons (Fsp3) is 0.381. The molecule has 3 rings (SSSR count). The van der Waals surface area contributed by atoms with Crippen molar-refractivity contribution in [2.24, 2.45) is 0 Å². The molecule has 0 aliphatic carbocycles. The fourth-order valence-electron chi connectivity index (χ4n) is 3.49. The van der Waals surface area contributed by atoms with E-state index < -0.39 is 0 Å². The van der Waals surface area contributed by atoms with Crippen LogP contribution < -0.4 is 24.6 Å². The number of carbonyl (C=O) groups is 1. The number of phenolic OH excluding ortho intramolecular Hbond substituents is 1. The summed E-state index contributed by atoms with van der Waals surface area (Å²) in [6.45, 7) is 5.41. The maximum Gasteiger partial charge on any atom is 0.282 e. The first-order chi connectivity index (χ1) is 13.5. The van der Waals surface area contributed by atoms with E-state index in [1.807, 2.05) is 19.1 Å². The monoisotopic (exact) mass is 386 g/mol. The van der Waals surface area contributed by atoms with Gasteiger partial charge in [0.25, 0.3) is 5.91 Å². The molecule has 0 saturated carbocycles. The van der Waals surface area contributed by atoms with E-state index in [9.17, 15) is 9.90 Å². The Morgan fingerprint density at radius 3 is 2.39 bits per heavy atom. The second kappa shape index (κ2) is 8.84. The van der Waals surface area contributed by atoms with Gasteiger partial charge in [0.15, 0.2) is 6.04 Å². The van der Waals surface area contributed by atoms with Crippen LogP contribution in [-0.2, 0) is 4.79 Å². The van der Waals surface area contributed by atoms with Gasteiger partial charge in [-0.2, -0.15) is 0 Å². The van der Waals surface area contributed by atoms with E-state index in [-0.39, 0.29) is 17.7 Å². The average molecular weight is 386 g/mol. The summed E-state index contributed by atoms with van der Waals surface area (Å²) < 4.78 is 10.6. The number of rotatable bonds is 6. The number of nitrogens with zero attached hydrogens (tertiary/aromatic N) is 1. The van der Waals surface area contributed by atoms with Gasteiger partial charge in [-0.15, -0.1) is 0 Å². The van der Waals surface area contributed by atoms with Gasteiger partial charge >= 0.3 is 0 Å². The normalized spacial score (nSPS) is 15.8. The Morgan fingerprint density at radius 1 is 1.11 bits per heavy atom. The van der Waals surface area contributed by atoms with Crippen molar-refractivity contribution in [3.63, 3.8) is 0 Å². The molecule has 3 N–H and O–H groups in total. The molecular weight excluding hydrogens is 358 g/mol. The molecular formula is C21H28N3O4+. The van der Waals surface area contributed by atoms with Crippen molar-refractivity contribution in [3.8, 4) is 17.2 Å². The summed E-state index contributed by atoms with van der Waals surface area (Å²) >= 11 is 0. The van der Waals surface area contributed by atoms with Crippen molar-refractivity contribution in [2.45, 2.75) is 13.0 Å². The number of quaternary nitrogens is 1. The summed E-state index contributed by atoms with van der Waals surface area (Å²) in [4.78, 5) is 16.3. The minimum atomic E-state index is -0.183. The molecule has 1 aliphatic rings. The summed E-state index contributed by atoms with van der Waals surface area (Å²) in [7, 11) is 3.17. The van der Waals surface area contributed by atoms with Crippen LogP contribution in [0.4, 0.5) is 11.4 Å². The highest BCUT2D eigenvalue weighted by molar-refractivity contribution is 5.95. The second-order valence-electron chi connectivity index (χ2n) is 6.94. The number of carbonyl (C=O) groups excluding carboxylic acids is 1. The van der Waals surface area contributed by atoms with Gasteiger partial charge in [0, 0.05) is 11.8 Å². The van der Waals surface area contributed by atoms with Crippen molar-refractivity contribution in [3.05, 3.63) is 42.5 Å². The highest BCUT2D eigenvalue weighted by Gasteiger charge is 2.29. The van der Waals surface area contributed by atoms with Gasteiger partial charge in [-0.05, 0) is 43.3 Å². The molecule has 7 nitrogen and oxygen atoms in total. The van der Waals surface area contributed by atoms with Gasteiger partial charge in [0.1, 0.15) is 17.2 Å². The van der Waals surface area contributed by atoms with Crippen molar-refractivity contribution in [1.82, 2.24) is 0 Å². The SMILES string of the molecule is COc1ccc(OC)c(NC(=O)[C@H](C)[NH+]2CCN(c3ccc(O)cc3)CC2)c1. The number of ether oxygens (including phenoxy) is 2. The predicted octanol–water partition coefficient (Wildman–Crippen LogP) is 1.14. The summed E-state index contributed by atoms with van der Waals surface area (Å²) in [5, 5.41) is 12.4. The van der Waals surface area contributed by atoms with E-state index in [1.54, 1.807) is 44.6 Å². The standard InChI is InChI=1S/C21H27N3O4/c1-15(21(26)22-19-14-18(27-2)8-9-20(19)28-3)23-10-12-24(13-11-23)16-4-6-17(25)7-5-16/h4-9,14-15,25H,10-13H2,1-3H3,(H,22,26)/p+1/t15-/m0/s1. The van der Waals surface area contributed by atoms with Crippen molar-refractivity contribution in [1.29, 1.82) is 0 Å². The third kappa shape index (κ3) is 4.48. The maximum atomic E-state index is 12.8. The number of hydrogen-bond acceptors (Lipinski definition) is 5. The number of benzene rings is 2. The van der Waals surface area contributed by atoms with E-state index in [0.29, 0.717) is 17.2 Å². The largest absolute Gasteiger partial charge is 0.508 e. The predicted molar refractivity (Wildman–Crippen MR) is 109 cm³/mol. The molecule has 0 spiro atoms. The first kappa shape index (κ1) is 19.8. The van der Waals surface area contributed by atoms with Crippen LogP contribution in [0.25, 0.3) is 0 Å². The summed E-state index contributed by atoms with van der Waals surface area (Å²) in [5.74, 6) is 1.50. The highest BCUT2D eigenvalue weighted by Crippen LogP contribution is 2.28. The molecule has 0 radical (unpaired) electrons. The maximum absolute atomic E-state index is 12.8. The molecule has 0 aromatic heterocycles. The Bertz CT molecular complexity index is 802. The number of nitrogens with one attached hydrogen (secondary N) is 2. The lowest BCUT2D eigenvalue weighted by Crippen LogP contribution is -3.19. The minimum Gasteiger partial charge on any atom is -0.508 e. The van der Waals surface area contributed by atoms with E-state index in [4.69, 9.17) is 9.47 Å². The zero-order valence-corrected chi connectivity index (χ0v) is 16.6. The molecule has 2 aromatic carbocycles. The van der Waals surface area contributed by atoms with Gasteiger partial charge in [-0.1, -0.05) is 0 Å². The molecule has 1 saturated heterocycles. The summed E-state index contributed by atoms with van der Waals surface area (Å²) in [6.07, 6.45) is 0. The molecule has 1 fully saturated rings. The van der Waals surface area contributed by atoms with E-state index in [2.05, 4.69) is 10.2 Å². The fourth-order valence-corrected chi connectivity index (χ4v) is 3.49. The molecule has 2 aromatic rings.